The molecule has 0 aliphatic carbocycles. The van der Waals surface area contributed by atoms with E-state index in [0.29, 0.717) is 17.8 Å². The van der Waals surface area contributed by atoms with Gasteiger partial charge in [0.1, 0.15) is 5.69 Å². The molecule has 0 bridgehead atoms. The Hall–Kier alpha value is -2.58. The second kappa shape index (κ2) is 8.51. The largest absolute Gasteiger partial charge is 0.416 e. The summed E-state index contributed by atoms with van der Waals surface area (Å²) in [7, 11) is 0. The molecule has 0 saturated carbocycles. The van der Waals surface area contributed by atoms with Crippen LogP contribution in [0.4, 0.5) is 13.2 Å². The van der Waals surface area contributed by atoms with Crippen molar-refractivity contribution in [2.24, 2.45) is 0 Å². The molecule has 0 fully saturated rings. The molecule has 4 rings (SSSR count). The minimum Gasteiger partial charge on any atom is -0.347 e. The van der Waals surface area contributed by atoms with Gasteiger partial charge in [0.25, 0.3) is 5.91 Å². The predicted molar refractivity (Wildman–Crippen MR) is 120 cm³/mol. The smallest absolute Gasteiger partial charge is 0.347 e. The van der Waals surface area contributed by atoms with Gasteiger partial charge in [-0.15, -0.1) is 11.3 Å². The molecular formula is C23H18BrF3N2OS. The third-order valence-electron chi connectivity index (χ3n) is 4.96. The van der Waals surface area contributed by atoms with E-state index in [1.807, 2.05) is 47.9 Å². The molecule has 3 nitrogen and oxygen atoms in total. The van der Waals surface area contributed by atoms with Crippen LogP contribution >= 0.6 is 27.3 Å². The van der Waals surface area contributed by atoms with Crippen molar-refractivity contribution in [3.8, 4) is 0 Å². The Labute approximate surface area is 189 Å². The normalized spacial score (nSPS) is 11.8. The molecule has 160 valence electrons. The molecule has 0 unspecified atom stereocenters. The number of amides is 1. The van der Waals surface area contributed by atoms with E-state index in [1.165, 1.54) is 17.4 Å². The van der Waals surface area contributed by atoms with Gasteiger partial charge in [0, 0.05) is 13.1 Å². The monoisotopic (exact) mass is 506 g/mol. The molecule has 0 saturated heterocycles. The van der Waals surface area contributed by atoms with Crippen LogP contribution in [0.1, 0.15) is 32.7 Å². The van der Waals surface area contributed by atoms with Gasteiger partial charge >= 0.3 is 6.18 Å². The number of aromatic nitrogens is 1. The van der Waals surface area contributed by atoms with E-state index in [1.54, 1.807) is 6.07 Å². The third kappa shape index (κ3) is 4.85. The molecule has 0 radical (unpaired) electrons. The number of nitrogens with one attached hydrogen (secondary N) is 1. The van der Waals surface area contributed by atoms with E-state index in [0.717, 1.165) is 37.3 Å². The summed E-state index contributed by atoms with van der Waals surface area (Å²) in [6.07, 6.45) is -4.42. The summed E-state index contributed by atoms with van der Waals surface area (Å²) in [5.41, 5.74) is 3.27. The van der Waals surface area contributed by atoms with Crippen LogP contribution in [0.5, 0.6) is 0 Å². The van der Waals surface area contributed by atoms with Crippen molar-refractivity contribution in [3.05, 3.63) is 92.4 Å². The van der Waals surface area contributed by atoms with Crippen LogP contribution in [-0.2, 0) is 19.3 Å². The van der Waals surface area contributed by atoms with Crippen molar-refractivity contribution >= 4 is 43.4 Å². The number of carbonyl (C=O) groups excluding carboxylic acids is 1. The minimum absolute atomic E-state index is 0.00973. The van der Waals surface area contributed by atoms with Crippen molar-refractivity contribution in [2.45, 2.75) is 26.2 Å². The van der Waals surface area contributed by atoms with E-state index in [2.05, 4.69) is 21.2 Å². The average molecular weight is 507 g/mol. The van der Waals surface area contributed by atoms with Gasteiger partial charge in [0.05, 0.1) is 19.6 Å². The second-order valence-electron chi connectivity index (χ2n) is 7.28. The Morgan fingerprint density at radius 2 is 1.81 bits per heavy atom. The van der Waals surface area contributed by atoms with Gasteiger partial charge in [0.15, 0.2) is 0 Å². The average Bonchev–Trinajstić information content (AvgIpc) is 3.24. The number of benzene rings is 2. The Morgan fingerprint density at radius 1 is 1.06 bits per heavy atom. The van der Waals surface area contributed by atoms with E-state index >= 15 is 0 Å². The Bertz CT molecular complexity index is 1240. The van der Waals surface area contributed by atoms with Crippen LogP contribution in [0.15, 0.2) is 64.5 Å². The first-order chi connectivity index (χ1) is 14.7. The number of nitrogens with zero attached hydrogens (tertiary/aromatic N) is 1. The number of carbonyl (C=O) groups is 1. The second-order valence-corrected chi connectivity index (χ2v) is 9.75. The number of rotatable bonds is 5. The van der Waals surface area contributed by atoms with E-state index in [4.69, 9.17) is 0 Å². The summed E-state index contributed by atoms with van der Waals surface area (Å²) < 4.78 is 42.7. The van der Waals surface area contributed by atoms with Crippen LogP contribution in [0, 0.1) is 6.92 Å². The number of thiophene rings is 1. The number of aryl methyl sites for hydroxylation is 1. The van der Waals surface area contributed by atoms with Crippen molar-refractivity contribution in [2.75, 3.05) is 0 Å². The van der Waals surface area contributed by atoms with Crippen LogP contribution in [0.3, 0.4) is 0 Å². The zero-order chi connectivity index (χ0) is 22.2. The third-order valence-corrected chi connectivity index (χ3v) is 6.54. The molecule has 1 amide bonds. The fraction of sp³-hybridized carbons (Fsp3) is 0.174. The minimum atomic E-state index is -4.42. The molecule has 4 aromatic rings. The Kier molecular flexibility index (Phi) is 5.94. The molecule has 0 aliphatic rings. The first kappa shape index (κ1) is 21.6. The lowest BCUT2D eigenvalue weighted by molar-refractivity contribution is -0.137. The lowest BCUT2D eigenvalue weighted by Crippen LogP contribution is -2.25. The summed E-state index contributed by atoms with van der Waals surface area (Å²) >= 11 is 5.02. The standard InChI is InChI=1S/C23H18BrF3N2OS/c1-14-5-7-15(8-6-14)13-29-18-11-21(24)31-20(18)10-19(29)22(30)28-12-16-3-2-4-17(9-16)23(25,26)27/h2-11H,12-13H2,1H3,(H,28,30). The van der Waals surface area contributed by atoms with Crippen LogP contribution < -0.4 is 5.32 Å². The van der Waals surface area contributed by atoms with E-state index < -0.39 is 11.7 Å². The summed E-state index contributed by atoms with van der Waals surface area (Å²) in [6, 6.07) is 16.9. The first-order valence-corrected chi connectivity index (χ1v) is 11.1. The van der Waals surface area contributed by atoms with Gasteiger partial charge < -0.3 is 9.88 Å². The van der Waals surface area contributed by atoms with E-state index in [9.17, 15) is 18.0 Å². The topological polar surface area (TPSA) is 34.0 Å². The zero-order valence-electron chi connectivity index (χ0n) is 16.5. The fourth-order valence-electron chi connectivity index (χ4n) is 3.38. The lowest BCUT2D eigenvalue weighted by Gasteiger charge is -2.12. The summed E-state index contributed by atoms with van der Waals surface area (Å²) in [5.74, 6) is -0.330. The molecule has 2 heterocycles. The lowest BCUT2D eigenvalue weighted by atomic mass is 10.1. The van der Waals surface area contributed by atoms with Crippen molar-refractivity contribution in [1.29, 1.82) is 0 Å². The van der Waals surface area contributed by atoms with Gasteiger partial charge in [-0.05, 0) is 58.2 Å². The van der Waals surface area contributed by atoms with Crippen LogP contribution in [-0.4, -0.2) is 10.5 Å². The fourth-order valence-corrected chi connectivity index (χ4v) is 4.94. The van der Waals surface area contributed by atoms with E-state index in [-0.39, 0.29) is 12.5 Å². The summed E-state index contributed by atoms with van der Waals surface area (Å²) in [6.45, 7) is 2.54. The van der Waals surface area contributed by atoms with Crippen LogP contribution in [0.2, 0.25) is 0 Å². The summed E-state index contributed by atoms with van der Waals surface area (Å²) in [4.78, 5) is 13.0. The quantitative estimate of drug-likeness (QED) is 0.318. The Balaban J connectivity index is 1.59. The number of alkyl halides is 3. The molecule has 0 aliphatic heterocycles. The number of hydrogen-bond acceptors (Lipinski definition) is 2. The van der Waals surface area contributed by atoms with Gasteiger partial charge in [-0.2, -0.15) is 13.2 Å². The maximum Gasteiger partial charge on any atom is 0.416 e. The molecule has 0 spiro atoms. The first-order valence-electron chi connectivity index (χ1n) is 9.49. The van der Waals surface area contributed by atoms with Crippen molar-refractivity contribution in [1.82, 2.24) is 9.88 Å². The maximum atomic E-state index is 13.0. The van der Waals surface area contributed by atoms with Crippen molar-refractivity contribution in [3.63, 3.8) is 0 Å². The molecule has 8 heteroatoms. The Morgan fingerprint density at radius 3 is 2.52 bits per heavy atom. The molecule has 31 heavy (non-hydrogen) atoms. The molecule has 0 atom stereocenters. The molecule has 2 aromatic heterocycles. The summed E-state index contributed by atoms with van der Waals surface area (Å²) in [5, 5.41) is 2.76. The van der Waals surface area contributed by atoms with Gasteiger partial charge in [-0.1, -0.05) is 42.0 Å². The highest BCUT2D eigenvalue weighted by molar-refractivity contribution is 9.11. The van der Waals surface area contributed by atoms with Gasteiger partial charge in [-0.3, -0.25) is 4.79 Å². The highest BCUT2D eigenvalue weighted by Gasteiger charge is 2.30. The zero-order valence-corrected chi connectivity index (χ0v) is 18.9. The molecule has 1 N–H and O–H groups in total. The van der Waals surface area contributed by atoms with Crippen molar-refractivity contribution < 1.29 is 18.0 Å². The molecular weight excluding hydrogens is 489 g/mol. The number of fused-ring (bicyclic) bond motifs is 1. The van der Waals surface area contributed by atoms with Gasteiger partial charge in [0.2, 0.25) is 0 Å². The SMILES string of the molecule is Cc1ccc(Cn2c(C(=O)NCc3cccc(C(F)(F)F)c3)cc3sc(Br)cc32)cc1. The number of halogens is 4. The maximum absolute atomic E-state index is 13.0. The number of hydrogen-bond donors (Lipinski definition) is 1. The predicted octanol–water partition coefficient (Wildman–Crippen LogP) is 6.77. The molecule has 2 aromatic carbocycles. The highest BCUT2D eigenvalue weighted by Crippen LogP contribution is 2.33. The van der Waals surface area contributed by atoms with Gasteiger partial charge in [-0.25, -0.2) is 0 Å². The highest BCUT2D eigenvalue weighted by atomic mass is 79.9. The van der Waals surface area contributed by atoms with Crippen LogP contribution in [0.25, 0.3) is 10.2 Å².